The van der Waals surface area contributed by atoms with Crippen LogP contribution in [0.3, 0.4) is 0 Å². The highest BCUT2D eigenvalue weighted by molar-refractivity contribution is 6.41. The van der Waals surface area contributed by atoms with Gasteiger partial charge in [0.1, 0.15) is 17.5 Å². The molecule has 1 aromatic carbocycles. The van der Waals surface area contributed by atoms with Gasteiger partial charge < -0.3 is 25.7 Å². The molecule has 0 unspecified atom stereocenters. The van der Waals surface area contributed by atoms with E-state index in [1.54, 1.807) is 24.3 Å². The summed E-state index contributed by atoms with van der Waals surface area (Å²) in [4.78, 5) is 39.6. The fourth-order valence-electron chi connectivity index (χ4n) is 3.52. The molecule has 3 rings (SSSR count). The van der Waals surface area contributed by atoms with Crippen molar-refractivity contribution in [2.24, 2.45) is 5.92 Å². The molecule has 0 spiro atoms. The number of ether oxygens (including phenoxy) is 1. The van der Waals surface area contributed by atoms with E-state index in [1.807, 2.05) is 6.07 Å². The zero-order valence-electron chi connectivity index (χ0n) is 17.0. The predicted molar refractivity (Wildman–Crippen MR) is 114 cm³/mol. The van der Waals surface area contributed by atoms with E-state index < -0.39 is 29.1 Å². The first-order valence-electron chi connectivity index (χ1n) is 9.75. The Morgan fingerprint density at radius 2 is 2.19 bits per heavy atom. The number of nitrogens with zero attached hydrogens (tertiary/aromatic N) is 1. The molecular weight excluding hydrogens is 396 g/mol. The molecule has 4 N–H and O–H groups in total. The number of nitriles is 1. The van der Waals surface area contributed by atoms with Gasteiger partial charge in [0, 0.05) is 16.8 Å². The van der Waals surface area contributed by atoms with Gasteiger partial charge in [-0.25, -0.2) is 0 Å². The van der Waals surface area contributed by atoms with Crippen LogP contribution in [0.2, 0.25) is 0 Å². The van der Waals surface area contributed by atoms with Crippen LogP contribution >= 0.6 is 0 Å². The molecule has 11 heteroatoms. The summed E-state index contributed by atoms with van der Waals surface area (Å²) in [5.74, 6) is -1.24. The largest absolute Gasteiger partial charge is 0.496 e. The Bertz CT molecular complexity index is 1050. The molecular formula is C20H21B2N5O4. The quantitative estimate of drug-likeness (QED) is 0.464. The minimum atomic E-state index is -1.25. The number of aromatic amines is 1. The van der Waals surface area contributed by atoms with Crippen LogP contribution in [0.1, 0.15) is 29.8 Å². The van der Waals surface area contributed by atoms with Gasteiger partial charge >= 0.3 is 0 Å². The first kappa shape index (κ1) is 22.3. The maximum atomic E-state index is 12.4. The number of rotatable bonds is 7. The number of methoxy groups -OCH3 is 1. The van der Waals surface area contributed by atoms with Gasteiger partial charge in [-0.1, -0.05) is 6.07 Å². The van der Waals surface area contributed by atoms with E-state index in [0.29, 0.717) is 18.6 Å². The minimum absolute atomic E-state index is 0.125. The average molecular weight is 417 g/mol. The second kappa shape index (κ2) is 9.16. The van der Waals surface area contributed by atoms with E-state index in [2.05, 4.69) is 20.9 Å². The van der Waals surface area contributed by atoms with Crippen molar-refractivity contribution >= 4 is 44.3 Å². The minimum Gasteiger partial charge on any atom is -0.496 e. The molecule has 0 bridgehead atoms. The zero-order valence-corrected chi connectivity index (χ0v) is 17.0. The number of carbonyl (C=O) groups is 3. The second-order valence-corrected chi connectivity index (χ2v) is 7.54. The van der Waals surface area contributed by atoms with Gasteiger partial charge in [-0.05, 0) is 42.8 Å². The van der Waals surface area contributed by atoms with Crippen molar-refractivity contribution in [2.75, 3.05) is 13.7 Å². The molecule has 3 amide bonds. The molecule has 0 saturated carbocycles. The Kier molecular flexibility index (Phi) is 6.59. The Hall–Kier alpha value is -3.41. The number of carbonyl (C=O) groups excluding carboxylic acids is 3. The molecule has 31 heavy (non-hydrogen) atoms. The number of hydrogen-bond donors (Lipinski definition) is 4. The Balaban J connectivity index is 1.52. The van der Waals surface area contributed by atoms with Crippen LogP contribution in [-0.2, 0) is 9.59 Å². The molecule has 1 aromatic heterocycles. The van der Waals surface area contributed by atoms with Crippen LogP contribution in [0.5, 0.6) is 5.75 Å². The normalized spacial score (nSPS) is 18.5. The Morgan fingerprint density at radius 1 is 1.42 bits per heavy atom. The third-order valence-electron chi connectivity index (χ3n) is 5.14. The number of nitrogens with one attached hydrogen (secondary N) is 4. The Morgan fingerprint density at radius 3 is 2.87 bits per heavy atom. The van der Waals surface area contributed by atoms with Crippen LogP contribution < -0.4 is 20.7 Å². The number of hydrogen-bond acceptors (Lipinski definition) is 5. The van der Waals surface area contributed by atoms with Gasteiger partial charge in [0.2, 0.25) is 11.8 Å². The van der Waals surface area contributed by atoms with Crippen molar-refractivity contribution in [3.05, 3.63) is 30.0 Å². The third-order valence-corrected chi connectivity index (χ3v) is 5.14. The molecule has 1 aliphatic rings. The van der Waals surface area contributed by atoms with E-state index in [4.69, 9.17) is 20.4 Å². The van der Waals surface area contributed by atoms with Gasteiger partial charge in [-0.2, -0.15) is 5.26 Å². The number of piperidine rings is 1. The van der Waals surface area contributed by atoms with Crippen LogP contribution in [-0.4, -0.2) is 63.4 Å². The number of amides is 3. The molecule has 9 nitrogen and oxygen atoms in total. The van der Waals surface area contributed by atoms with Gasteiger partial charge in [0.05, 0.1) is 35.4 Å². The summed E-state index contributed by atoms with van der Waals surface area (Å²) in [6, 6.07) is 8.09. The maximum absolute atomic E-state index is 12.4. The highest BCUT2D eigenvalue weighted by Gasteiger charge is 2.33. The Labute approximate surface area is 182 Å². The molecule has 1 fully saturated rings. The number of H-pyrrole nitrogens is 1. The van der Waals surface area contributed by atoms with Crippen LogP contribution in [0.4, 0.5) is 0 Å². The lowest BCUT2D eigenvalue weighted by Gasteiger charge is -2.36. The lowest BCUT2D eigenvalue weighted by Crippen LogP contribution is -2.56. The van der Waals surface area contributed by atoms with Gasteiger partial charge in [-0.3, -0.25) is 14.4 Å². The summed E-state index contributed by atoms with van der Waals surface area (Å²) >= 11 is 0. The van der Waals surface area contributed by atoms with Crippen molar-refractivity contribution in [1.82, 2.24) is 20.9 Å². The fraction of sp³-hybridized carbons (Fsp3) is 0.400. The smallest absolute Gasteiger partial charge is 0.268 e. The van der Waals surface area contributed by atoms with E-state index in [-0.39, 0.29) is 24.6 Å². The predicted octanol–water partition coefficient (Wildman–Crippen LogP) is -0.178. The molecule has 156 valence electrons. The van der Waals surface area contributed by atoms with Crippen LogP contribution in [0.15, 0.2) is 24.3 Å². The fourth-order valence-corrected chi connectivity index (χ4v) is 3.52. The highest BCUT2D eigenvalue weighted by Crippen LogP contribution is 2.26. The summed E-state index contributed by atoms with van der Waals surface area (Å²) in [5, 5.41) is 16.3. The molecule has 2 atom stereocenters. The molecule has 4 radical (unpaired) electrons. The third kappa shape index (κ3) is 5.40. The first-order valence-corrected chi connectivity index (χ1v) is 9.75. The number of benzene rings is 1. The topological polar surface area (TPSA) is 136 Å². The number of fused-ring (bicyclic) bond motifs is 1. The summed E-state index contributed by atoms with van der Waals surface area (Å²) < 4.78 is 5.27. The van der Waals surface area contributed by atoms with E-state index in [0.717, 1.165) is 10.9 Å². The van der Waals surface area contributed by atoms with Crippen LogP contribution in [0.25, 0.3) is 10.9 Å². The van der Waals surface area contributed by atoms with Crippen molar-refractivity contribution < 1.29 is 19.1 Å². The first-order chi connectivity index (χ1) is 14.7. The standard InChI is InChI=1S/C20H21B2N5O4/c1-31-16-4-2-3-14-13(16)8-15(26-14)19(30)24-10-17(28)25-12(9-23)7-11-5-6-20(21,22)27-18(11)29/h2-4,8,11-12,26H,5-7,10H2,1H3,(H,24,30)(H,25,28)(H,27,29)/t11-,12-/m0/s1. The molecule has 1 saturated heterocycles. The summed E-state index contributed by atoms with van der Waals surface area (Å²) in [6.07, 6.45) is 0.897. The highest BCUT2D eigenvalue weighted by atomic mass is 16.5. The van der Waals surface area contributed by atoms with E-state index in [9.17, 15) is 19.6 Å². The van der Waals surface area contributed by atoms with Crippen molar-refractivity contribution in [2.45, 2.75) is 30.6 Å². The molecule has 1 aliphatic heterocycles. The SMILES string of the molecule is [B]C1([B])CC[C@@H](C[C@@H](C#N)NC(=O)CNC(=O)c2cc3c(OC)cccc3[nH]2)C(=O)N1. The maximum Gasteiger partial charge on any atom is 0.268 e. The summed E-state index contributed by atoms with van der Waals surface area (Å²) in [6.45, 7) is -0.324. The van der Waals surface area contributed by atoms with Gasteiger partial charge in [0.15, 0.2) is 0 Å². The van der Waals surface area contributed by atoms with Crippen molar-refractivity contribution in [3.8, 4) is 11.8 Å². The zero-order chi connectivity index (χ0) is 22.6. The number of aromatic nitrogens is 1. The lowest BCUT2D eigenvalue weighted by atomic mass is 9.57. The second-order valence-electron chi connectivity index (χ2n) is 7.54. The molecule has 0 aliphatic carbocycles. The van der Waals surface area contributed by atoms with Gasteiger partial charge in [-0.15, -0.1) is 0 Å². The monoisotopic (exact) mass is 417 g/mol. The summed E-state index contributed by atoms with van der Waals surface area (Å²) in [7, 11) is 12.9. The van der Waals surface area contributed by atoms with Crippen molar-refractivity contribution in [3.63, 3.8) is 0 Å². The van der Waals surface area contributed by atoms with Gasteiger partial charge in [0.25, 0.3) is 5.91 Å². The summed E-state index contributed by atoms with van der Waals surface area (Å²) in [5.41, 5.74) is 0.998. The average Bonchev–Trinajstić information content (AvgIpc) is 3.17. The van der Waals surface area contributed by atoms with Crippen LogP contribution in [0, 0.1) is 17.2 Å². The van der Waals surface area contributed by atoms with E-state index >= 15 is 0 Å². The van der Waals surface area contributed by atoms with E-state index in [1.165, 1.54) is 7.11 Å². The molecule has 2 heterocycles. The lowest BCUT2D eigenvalue weighted by molar-refractivity contribution is -0.128. The van der Waals surface area contributed by atoms with Crippen molar-refractivity contribution in [1.29, 1.82) is 5.26 Å². The molecule has 2 aromatic rings.